The van der Waals surface area contributed by atoms with Crippen molar-refractivity contribution in [3.63, 3.8) is 0 Å². The second kappa shape index (κ2) is 5.61. The van der Waals surface area contributed by atoms with Crippen molar-refractivity contribution in [2.75, 3.05) is 0 Å². The molecule has 0 bridgehead atoms. The van der Waals surface area contributed by atoms with E-state index in [9.17, 15) is 9.90 Å². The number of rotatable bonds is 3. The van der Waals surface area contributed by atoms with Crippen molar-refractivity contribution < 1.29 is 9.90 Å². The summed E-state index contributed by atoms with van der Waals surface area (Å²) in [6.07, 6.45) is 0.00822. The van der Waals surface area contributed by atoms with Crippen LogP contribution in [-0.2, 0) is 11.2 Å². The monoisotopic (exact) mass is 357 g/mol. The van der Waals surface area contributed by atoms with Crippen molar-refractivity contribution in [3.05, 3.63) is 57.6 Å². The summed E-state index contributed by atoms with van der Waals surface area (Å²) in [5, 5.41) is 10.3. The first kappa shape index (κ1) is 14.9. The van der Waals surface area contributed by atoms with Gasteiger partial charge in [-0.05, 0) is 48.7 Å². The van der Waals surface area contributed by atoms with E-state index in [0.717, 1.165) is 43.3 Å². The van der Waals surface area contributed by atoms with Gasteiger partial charge in [-0.1, -0.05) is 39.7 Å². The van der Waals surface area contributed by atoms with Gasteiger partial charge in [-0.25, -0.2) is 0 Å². The molecule has 1 heterocycles. The van der Waals surface area contributed by atoms with Crippen molar-refractivity contribution in [1.82, 2.24) is 4.98 Å². The van der Waals surface area contributed by atoms with E-state index >= 15 is 0 Å². The zero-order chi connectivity index (χ0) is 15.9. The normalized spacial score (nSPS) is 11.0. The third-order valence-electron chi connectivity index (χ3n) is 3.82. The van der Waals surface area contributed by atoms with Crippen LogP contribution in [0.15, 0.2) is 40.9 Å². The number of nitrogens with one attached hydrogen (secondary N) is 1. The molecule has 3 nitrogen and oxygen atoms in total. The number of aromatic amines is 1. The van der Waals surface area contributed by atoms with Gasteiger partial charge in [0.1, 0.15) is 0 Å². The molecule has 0 saturated heterocycles. The number of fused-ring (bicyclic) bond motifs is 1. The van der Waals surface area contributed by atoms with Gasteiger partial charge in [-0.3, -0.25) is 4.79 Å². The Morgan fingerprint density at radius 1 is 1.18 bits per heavy atom. The Morgan fingerprint density at radius 2 is 1.86 bits per heavy atom. The summed E-state index contributed by atoms with van der Waals surface area (Å²) in [6, 6.07) is 12.1. The molecule has 0 aliphatic rings. The van der Waals surface area contributed by atoms with Gasteiger partial charge in [0.15, 0.2) is 0 Å². The molecule has 4 heteroatoms. The number of aryl methyl sites for hydroxylation is 2. The van der Waals surface area contributed by atoms with E-state index in [-0.39, 0.29) is 6.42 Å². The fourth-order valence-electron chi connectivity index (χ4n) is 2.90. The molecule has 0 radical (unpaired) electrons. The average Bonchev–Trinajstić information content (AvgIpc) is 2.78. The highest BCUT2D eigenvalue weighted by atomic mass is 79.9. The summed E-state index contributed by atoms with van der Waals surface area (Å²) >= 11 is 3.43. The number of carbonyl (C=O) groups is 1. The molecule has 112 valence electrons. The van der Waals surface area contributed by atoms with Gasteiger partial charge in [0.05, 0.1) is 12.1 Å². The predicted molar refractivity (Wildman–Crippen MR) is 92.2 cm³/mol. The van der Waals surface area contributed by atoms with Gasteiger partial charge in [0.2, 0.25) is 0 Å². The Kier molecular flexibility index (Phi) is 3.79. The van der Waals surface area contributed by atoms with E-state index in [1.165, 1.54) is 0 Å². The van der Waals surface area contributed by atoms with E-state index in [1.54, 1.807) is 0 Å². The quantitative estimate of drug-likeness (QED) is 0.704. The molecule has 3 aromatic rings. The number of benzene rings is 2. The zero-order valence-electron chi connectivity index (χ0n) is 12.4. The lowest BCUT2D eigenvalue weighted by Gasteiger charge is -2.03. The highest BCUT2D eigenvalue weighted by molar-refractivity contribution is 9.10. The summed E-state index contributed by atoms with van der Waals surface area (Å²) < 4.78 is 0.999. The standard InChI is InChI=1S/C18H16BrNO2/c1-10-7-11(2)17-14(8-10)15(9-16(21)22)18(20-17)12-3-5-13(19)6-4-12/h3-8,20H,9H2,1-2H3,(H,21,22). The smallest absolute Gasteiger partial charge is 0.307 e. The number of aliphatic carboxylic acids is 1. The minimum atomic E-state index is -0.821. The molecule has 2 N–H and O–H groups in total. The van der Waals surface area contributed by atoms with Crippen LogP contribution in [0.4, 0.5) is 0 Å². The van der Waals surface area contributed by atoms with Gasteiger partial charge in [0.25, 0.3) is 0 Å². The van der Waals surface area contributed by atoms with E-state index in [1.807, 2.05) is 38.1 Å². The van der Waals surface area contributed by atoms with Crippen LogP contribution < -0.4 is 0 Å². The van der Waals surface area contributed by atoms with Crippen LogP contribution in [0, 0.1) is 13.8 Å². The fraction of sp³-hybridized carbons (Fsp3) is 0.167. The minimum absolute atomic E-state index is 0.00822. The van der Waals surface area contributed by atoms with Gasteiger partial charge >= 0.3 is 5.97 Å². The Bertz CT molecular complexity index is 863. The van der Waals surface area contributed by atoms with Gasteiger partial charge < -0.3 is 10.1 Å². The first-order chi connectivity index (χ1) is 10.5. The third kappa shape index (κ3) is 2.66. The average molecular weight is 358 g/mol. The van der Waals surface area contributed by atoms with Gasteiger partial charge in [-0.15, -0.1) is 0 Å². The molecule has 0 unspecified atom stereocenters. The van der Waals surface area contributed by atoms with E-state index in [0.29, 0.717) is 0 Å². The molecule has 22 heavy (non-hydrogen) atoms. The lowest BCUT2D eigenvalue weighted by molar-refractivity contribution is -0.136. The number of carboxylic acids is 1. The van der Waals surface area contributed by atoms with Crippen LogP contribution >= 0.6 is 15.9 Å². The molecule has 0 amide bonds. The first-order valence-electron chi connectivity index (χ1n) is 7.05. The number of hydrogen-bond acceptors (Lipinski definition) is 1. The summed E-state index contributed by atoms with van der Waals surface area (Å²) in [4.78, 5) is 14.7. The topological polar surface area (TPSA) is 53.1 Å². The molecule has 0 spiro atoms. The van der Waals surface area contributed by atoms with Crippen LogP contribution in [0.2, 0.25) is 0 Å². The number of carboxylic acid groups (broad SMARTS) is 1. The maximum absolute atomic E-state index is 11.3. The second-order valence-corrected chi connectivity index (χ2v) is 6.48. The molecule has 3 rings (SSSR count). The lowest BCUT2D eigenvalue weighted by atomic mass is 10.0. The van der Waals surface area contributed by atoms with Crippen molar-refractivity contribution in [3.8, 4) is 11.3 Å². The number of aromatic nitrogens is 1. The summed E-state index contributed by atoms with van der Waals surface area (Å²) in [5.41, 5.74) is 6.01. The second-order valence-electron chi connectivity index (χ2n) is 5.56. The number of hydrogen-bond donors (Lipinski definition) is 2. The summed E-state index contributed by atoms with van der Waals surface area (Å²) in [5.74, 6) is -0.821. The van der Waals surface area contributed by atoms with Crippen molar-refractivity contribution in [1.29, 1.82) is 0 Å². The highest BCUT2D eigenvalue weighted by Crippen LogP contribution is 2.33. The van der Waals surface area contributed by atoms with Gasteiger partial charge in [0, 0.05) is 15.4 Å². The Labute approximate surface area is 137 Å². The summed E-state index contributed by atoms with van der Waals surface area (Å²) in [6.45, 7) is 4.07. The number of H-pyrrole nitrogens is 1. The molecule has 0 aliphatic heterocycles. The maximum atomic E-state index is 11.3. The Morgan fingerprint density at radius 3 is 2.50 bits per heavy atom. The van der Waals surface area contributed by atoms with Crippen LogP contribution in [0.5, 0.6) is 0 Å². The first-order valence-corrected chi connectivity index (χ1v) is 7.84. The SMILES string of the molecule is Cc1cc(C)c2[nH]c(-c3ccc(Br)cc3)c(CC(=O)O)c2c1. The molecular weight excluding hydrogens is 342 g/mol. The van der Waals surface area contributed by atoms with E-state index in [2.05, 4.69) is 33.0 Å². The molecule has 0 atom stereocenters. The third-order valence-corrected chi connectivity index (χ3v) is 4.35. The molecule has 0 aliphatic carbocycles. The van der Waals surface area contributed by atoms with Crippen molar-refractivity contribution in [2.24, 2.45) is 0 Å². The highest BCUT2D eigenvalue weighted by Gasteiger charge is 2.17. The van der Waals surface area contributed by atoms with Crippen molar-refractivity contribution >= 4 is 32.8 Å². The zero-order valence-corrected chi connectivity index (χ0v) is 14.0. The van der Waals surface area contributed by atoms with E-state index < -0.39 is 5.97 Å². The lowest BCUT2D eigenvalue weighted by Crippen LogP contribution is -2.01. The Hall–Kier alpha value is -2.07. The van der Waals surface area contributed by atoms with Crippen molar-refractivity contribution in [2.45, 2.75) is 20.3 Å². The largest absolute Gasteiger partial charge is 0.481 e. The van der Waals surface area contributed by atoms with Crippen LogP contribution in [0.25, 0.3) is 22.2 Å². The fourth-order valence-corrected chi connectivity index (χ4v) is 3.17. The maximum Gasteiger partial charge on any atom is 0.307 e. The predicted octanol–water partition coefficient (Wildman–Crippen LogP) is 4.84. The van der Waals surface area contributed by atoms with Crippen LogP contribution in [-0.4, -0.2) is 16.1 Å². The molecular formula is C18H16BrNO2. The minimum Gasteiger partial charge on any atom is -0.481 e. The molecule has 1 aromatic heterocycles. The van der Waals surface area contributed by atoms with Crippen LogP contribution in [0.3, 0.4) is 0 Å². The number of halogens is 1. The van der Waals surface area contributed by atoms with Crippen LogP contribution in [0.1, 0.15) is 16.7 Å². The Balaban J connectivity index is 2.30. The molecule has 0 fully saturated rings. The molecule has 2 aromatic carbocycles. The molecule has 0 saturated carbocycles. The van der Waals surface area contributed by atoms with E-state index in [4.69, 9.17) is 0 Å². The van der Waals surface area contributed by atoms with Gasteiger partial charge in [-0.2, -0.15) is 0 Å². The summed E-state index contributed by atoms with van der Waals surface area (Å²) in [7, 11) is 0.